The molecule has 0 amide bonds. The number of nitrogens with zero attached hydrogens (tertiary/aromatic N) is 1. The van der Waals surface area contributed by atoms with E-state index in [4.69, 9.17) is 0 Å². The van der Waals surface area contributed by atoms with Gasteiger partial charge in [-0.15, -0.1) is 0 Å². The molecule has 1 rings (SSSR count). The number of hydrogen-bond acceptors (Lipinski definition) is 2. The minimum absolute atomic E-state index is 0.177. The lowest BCUT2D eigenvalue weighted by Gasteiger charge is -2.31. The monoisotopic (exact) mass is 266 g/mol. The summed E-state index contributed by atoms with van der Waals surface area (Å²) in [5.74, 6) is 0.408. The molecule has 3 heteroatoms. The van der Waals surface area contributed by atoms with Crippen molar-refractivity contribution in [1.82, 2.24) is 5.32 Å². The van der Waals surface area contributed by atoms with E-state index in [-0.39, 0.29) is 5.82 Å². The molecule has 0 radical (unpaired) electrons. The van der Waals surface area contributed by atoms with E-state index in [0.29, 0.717) is 12.0 Å². The third-order valence-corrected chi connectivity index (χ3v) is 3.45. The van der Waals surface area contributed by atoms with E-state index in [0.717, 1.165) is 31.7 Å². The van der Waals surface area contributed by atoms with Gasteiger partial charge in [-0.05, 0) is 50.1 Å². The van der Waals surface area contributed by atoms with Gasteiger partial charge in [0.1, 0.15) is 5.82 Å². The average molecular weight is 266 g/mol. The summed E-state index contributed by atoms with van der Waals surface area (Å²) in [7, 11) is 0. The molecule has 0 aliphatic heterocycles. The highest BCUT2D eigenvalue weighted by atomic mass is 19.1. The molecule has 1 N–H and O–H groups in total. The Kier molecular flexibility index (Phi) is 6.85. The predicted molar refractivity (Wildman–Crippen MR) is 81.2 cm³/mol. The van der Waals surface area contributed by atoms with Gasteiger partial charge in [0.15, 0.2) is 0 Å². The molecule has 2 nitrogen and oxygen atoms in total. The molecular formula is C16H27FN2. The van der Waals surface area contributed by atoms with Crippen LogP contribution in [0.4, 0.5) is 10.1 Å². The van der Waals surface area contributed by atoms with Crippen molar-refractivity contribution in [3.05, 3.63) is 30.1 Å². The van der Waals surface area contributed by atoms with Crippen LogP contribution in [-0.4, -0.2) is 25.7 Å². The summed E-state index contributed by atoms with van der Waals surface area (Å²) < 4.78 is 13.0. The molecule has 1 aromatic carbocycles. The summed E-state index contributed by atoms with van der Waals surface area (Å²) in [6, 6.07) is 7.24. The fourth-order valence-corrected chi connectivity index (χ4v) is 2.15. The fourth-order valence-electron chi connectivity index (χ4n) is 2.15. The van der Waals surface area contributed by atoms with E-state index >= 15 is 0 Å². The Morgan fingerprint density at radius 2 is 1.79 bits per heavy atom. The first kappa shape index (κ1) is 16.0. The van der Waals surface area contributed by atoms with Gasteiger partial charge in [-0.3, -0.25) is 0 Å². The Morgan fingerprint density at radius 3 is 2.26 bits per heavy atom. The number of halogens is 1. The standard InChI is InChI=1S/C16H27FN2/c1-5-11-18-16(13(3)4)12-19(6-2)15-9-7-14(17)8-10-15/h7-10,13,16,18H,5-6,11-12H2,1-4H3. The van der Waals surface area contributed by atoms with Crippen LogP contribution in [0.2, 0.25) is 0 Å². The van der Waals surface area contributed by atoms with Crippen molar-refractivity contribution in [2.24, 2.45) is 5.92 Å². The zero-order chi connectivity index (χ0) is 14.3. The molecule has 0 aliphatic carbocycles. The van der Waals surface area contributed by atoms with Gasteiger partial charge in [0, 0.05) is 24.8 Å². The summed E-state index contributed by atoms with van der Waals surface area (Å²) >= 11 is 0. The number of rotatable bonds is 8. The second-order valence-corrected chi connectivity index (χ2v) is 5.32. The molecule has 1 unspecified atom stereocenters. The van der Waals surface area contributed by atoms with Crippen molar-refractivity contribution in [2.45, 2.75) is 40.2 Å². The third kappa shape index (κ3) is 5.19. The van der Waals surface area contributed by atoms with Gasteiger partial charge in [-0.1, -0.05) is 20.8 Å². The van der Waals surface area contributed by atoms with Crippen LogP contribution in [0.25, 0.3) is 0 Å². The van der Waals surface area contributed by atoms with Gasteiger partial charge < -0.3 is 10.2 Å². The first-order chi connectivity index (χ1) is 9.08. The average Bonchev–Trinajstić information content (AvgIpc) is 2.40. The quantitative estimate of drug-likeness (QED) is 0.772. The topological polar surface area (TPSA) is 15.3 Å². The van der Waals surface area contributed by atoms with E-state index in [1.165, 1.54) is 12.1 Å². The van der Waals surface area contributed by atoms with Gasteiger partial charge in [-0.2, -0.15) is 0 Å². The molecule has 0 saturated carbocycles. The number of hydrogen-bond donors (Lipinski definition) is 1. The highest BCUT2D eigenvalue weighted by Crippen LogP contribution is 2.16. The molecule has 1 aromatic rings. The minimum Gasteiger partial charge on any atom is -0.370 e. The maximum atomic E-state index is 13.0. The van der Waals surface area contributed by atoms with E-state index < -0.39 is 0 Å². The number of nitrogens with one attached hydrogen (secondary N) is 1. The van der Waals surface area contributed by atoms with Crippen LogP contribution in [0.15, 0.2) is 24.3 Å². The Balaban J connectivity index is 2.70. The molecule has 0 bridgehead atoms. The number of likely N-dealkylation sites (N-methyl/N-ethyl adjacent to an activating group) is 1. The lowest BCUT2D eigenvalue weighted by molar-refractivity contribution is 0.398. The normalized spacial score (nSPS) is 12.7. The van der Waals surface area contributed by atoms with Crippen LogP contribution in [0.1, 0.15) is 34.1 Å². The maximum Gasteiger partial charge on any atom is 0.123 e. The van der Waals surface area contributed by atoms with Crippen molar-refractivity contribution in [3.63, 3.8) is 0 Å². The zero-order valence-electron chi connectivity index (χ0n) is 12.6. The van der Waals surface area contributed by atoms with Crippen LogP contribution >= 0.6 is 0 Å². The first-order valence-electron chi connectivity index (χ1n) is 7.32. The lowest BCUT2D eigenvalue weighted by Crippen LogP contribution is -2.44. The molecule has 1 atom stereocenters. The van der Waals surface area contributed by atoms with Gasteiger partial charge in [-0.25, -0.2) is 4.39 Å². The van der Waals surface area contributed by atoms with Crippen molar-refractivity contribution in [3.8, 4) is 0 Å². The Bertz CT molecular complexity index is 348. The van der Waals surface area contributed by atoms with Gasteiger partial charge in [0.2, 0.25) is 0 Å². The molecule has 0 saturated heterocycles. The zero-order valence-corrected chi connectivity index (χ0v) is 12.6. The predicted octanol–water partition coefficient (Wildman–Crippen LogP) is 3.68. The number of anilines is 1. The fraction of sp³-hybridized carbons (Fsp3) is 0.625. The molecule has 0 aliphatic rings. The summed E-state index contributed by atoms with van der Waals surface area (Å²) in [6.07, 6.45) is 1.14. The molecule has 19 heavy (non-hydrogen) atoms. The highest BCUT2D eigenvalue weighted by molar-refractivity contribution is 5.46. The minimum atomic E-state index is -0.177. The molecule has 0 fully saturated rings. The Morgan fingerprint density at radius 1 is 1.16 bits per heavy atom. The lowest BCUT2D eigenvalue weighted by atomic mass is 10.0. The smallest absolute Gasteiger partial charge is 0.123 e. The van der Waals surface area contributed by atoms with Crippen LogP contribution in [0.3, 0.4) is 0 Å². The Hall–Kier alpha value is -1.09. The van der Waals surface area contributed by atoms with E-state index in [1.54, 1.807) is 0 Å². The highest BCUT2D eigenvalue weighted by Gasteiger charge is 2.16. The van der Waals surface area contributed by atoms with Crippen molar-refractivity contribution >= 4 is 5.69 Å². The van der Waals surface area contributed by atoms with Crippen molar-refractivity contribution < 1.29 is 4.39 Å². The largest absolute Gasteiger partial charge is 0.370 e. The molecular weight excluding hydrogens is 239 g/mol. The van der Waals surface area contributed by atoms with E-state index in [2.05, 4.69) is 37.9 Å². The SMILES string of the molecule is CCCNC(CN(CC)c1ccc(F)cc1)C(C)C. The van der Waals surface area contributed by atoms with Crippen LogP contribution < -0.4 is 10.2 Å². The summed E-state index contributed by atoms with van der Waals surface area (Å²) in [6.45, 7) is 11.7. The molecule has 0 aromatic heterocycles. The summed E-state index contributed by atoms with van der Waals surface area (Å²) in [5, 5.41) is 3.60. The molecule has 0 heterocycles. The van der Waals surface area contributed by atoms with Crippen LogP contribution in [0, 0.1) is 11.7 Å². The Labute approximate surface area is 117 Å². The van der Waals surface area contributed by atoms with Crippen LogP contribution in [0.5, 0.6) is 0 Å². The summed E-state index contributed by atoms with van der Waals surface area (Å²) in [4.78, 5) is 2.30. The van der Waals surface area contributed by atoms with E-state index in [1.807, 2.05) is 12.1 Å². The second-order valence-electron chi connectivity index (χ2n) is 5.32. The summed E-state index contributed by atoms with van der Waals surface area (Å²) in [5.41, 5.74) is 1.09. The van der Waals surface area contributed by atoms with Crippen molar-refractivity contribution in [1.29, 1.82) is 0 Å². The maximum absolute atomic E-state index is 13.0. The van der Waals surface area contributed by atoms with Gasteiger partial charge in [0.25, 0.3) is 0 Å². The third-order valence-electron chi connectivity index (χ3n) is 3.45. The second kappa shape index (κ2) is 8.16. The van der Waals surface area contributed by atoms with Gasteiger partial charge in [0.05, 0.1) is 0 Å². The molecule has 108 valence electrons. The van der Waals surface area contributed by atoms with E-state index in [9.17, 15) is 4.39 Å². The molecule has 0 spiro atoms. The van der Waals surface area contributed by atoms with Crippen molar-refractivity contribution in [2.75, 3.05) is 24.5 Å². The number of benzene rings is 1. The van der Waals surface area contributed by atoms with Gasteiger partial charge >= 0.3 is 0 Å². The first-order valence-corrected chi connectivity index (χ1v) is 7.32. The van der Waals surface area contributed by atoms with Crippen LogP contribution in [-0.2, 0) is 0 Å².